The van der Waals surface area contributed by atoms with Gasteiger partial charge >= 0.3 is 0 Å². The van der Waals surface area contributed by atoms with Gasteiger partial charge in [-0.05, 0) is 48.9 Å². The topological polar surface area (TPSA) is 55.1 Å². The zero-order valence-electron chi connectivity index (χ0n) is 11.2. The molecule has 0 aliphatic rings. The SMILES string of the molecule is Cc1cc(F)cc(NC(C(N)=O)c2cc(Br)ccc2F)c1. The molecule has 110 valence electrons. The molecule has 1 amide bonds. The van der Waals surface area contributed by atoms with Crippen LogP contribution in [0.25, 0.3) is 0 Å². The van der Waals surface area contributed by atoms with Crippen LogP contribution in [0.1, 0.15) is 17.2 Å². The van der Waals surface area contributed by atoms with E-state index in [0.717, 1.165) is 0 Å². The van der Waals surface area contributed by atoms with Gasteiger partial charge < -0.3 is 11.1 Å². The highest BCUT2D eigenvalue weighted by atomic mass is 79.9. The van der Waals surface area contributed by atoms with Gasteiger partial charge in [-0.25, -0.2) is 8.78 Å². The van der Waals surface area contributed by atoms with Gasteiger partial charge in [0.1, 0.15) is 17.7 Å². The zero-order valence-corrected chi connectivity index (χ0v) is 12.7. The minimum Gasteiger partial charge on any atom is -0.370 e. The van der Waals surface area contributed by atoms with Crippen LogP contribution >= 0.6 is 15.9 Å². The minimum atomic E-state index is -1.09. The van der Waals surface area contributed by atoms with Gasteiger partial charge in [0.15, 0.2) is 0 Å². The quantitative estimate of drug-likeness (QED) is 0.879. The van der Waals surface area contributed by atoms with E-state index in [0.29, 0.717) is 15.7 Å². The van der Waals surface area contributed by atoms with Gasteiger partial charge in [-0.2, -0.15) is 0 Å². The number of carbonyl (C=O) groups excluding carboxylic acids is 1. The first-order valence-corrected chi connectivity index (χ1v) is 6.94. The Bertz CT molecular complexity index is 671. The van der Waals surface area contributed by atoms with Crippen molar-refractivity contribution in [3.05, 3.63) is 63.6 Å². The predicted molar refractivity (Wildman–Crippen MR) is 80.8 cm³/mol. The summed E-state index contributed by atoms with van der Waals surface area (Å²) in [5.41, 5.74) is 6.46. The molecule has 0 radical (unpaired) electrons. The van der Waals surface area contributed by atoms with Gasteiger partial charge in [0.2, 0.25) is 5.91 Å². The van der Waals surface area contributed by atoms with E-state index in [1.807, 2.05) is 0 Å². The maximum atomic E-state index is 13.9. The Labute approximate surface area is 129 Å². The Morgan fingerprint density at radius 3 is 2.57 bits per heavy atom. The summed E-state index contributed by atoms with van der Waals surface area (Å²) >= 11 is 3.22. The van der Waals surface area contributed by atoms with Crippen molar-refractivity contribution in [2.24, 2.45) is 5.73 Å². The van der Waals surface area contributed by atoms with Crippen LogP contribution in [0, 0.1) is 18.6 Å². The molecule has 0 aliphatic carbocycles. The number of benzene rings is 2. The van der Waals surface area contributed by atoms with E-state index < -0.39 is 23.6 Å². The van der Waals surface area contributed by atoms with Crippen molar-refractivity contribution in [2.75, 3.05) is 5.32 Å². The number of anilines is 1. The molecular formula is C15H13BrF2N2O. The molecule has 0 bridgehead atoms. The molecule has 2 aromatic carbocycles. The highest BCUT2D eigenvalue weighted by molar-refractivity contribution is 9.10. The number of amides is 1. The normalized spacial score (nSPS) is 12.0. The molecule has 0 saturated carbocycles. The standard InChI is InChI=1S/C15H13BrF2N2O/c1-8-4-10(17)7-11(5-8)20-14(15(19)21)12-6-9(16)2-3-13(12)18/h2-7,14,20H,1H3,(H2,19,21). The number of nitrogens with two attached hydrogens (primary N) is 1. The Morgan fingerprint density at radius 2 is 1.95 bits per heavy atom. The number of rotatable bonds is 4. The number of hydrogen-bond acceptors (Lipinski definition) is 2. The number of hydrogen-bond donors (Lipinski definition) is 2. The van der Waals surface area contributed by atoms with Crippen LogP contribution in [0.5, 0.6) is 0 Å². The van der Waals surface area contributed by atoms with E-state index in [9.17, 15) is 13.6 Å². The van der Waals surface area contributed by atoms with Crippen molar-refractivity contribution in [1.82, 2.24) is 0 Å². The fourth-order valence-corrected chi connectivity index (χ4v) is 2.40. The second kappa shape index (κ2) is 6.22. The number of carbonyl (C=O) groups is 1. The average molecular weight is 355 g/mol. The van der Waals surface area contributed by atoms with Crippen LogP contribution in [0.4, 0.5) is 14.5 Å². The van der Waals surface area contributed by atoms with E-state index >= 15 is 0 Å². The molecular weight excluding hydrogens is 342 g/mol. The van der Waals surface area contributed by atoms with Crippen LogP contribution in [-0.2, 0) is 4.79 Å². The second-order valence-corrected chi connectivity index (χ2v) is 5.58. The summed E-state index contributed by atoms with van der Waals surface area (Å²) in [6, 6.07) is 7.34. The zero-order chi connectivity index (χ0) is 15.6. The third-order valence-corrected chi connectivity index (χ3v) is 3.40. The highest BCUT2D eigenvalue weighted by Gasteiger charge is 2.22. The smallest absolute Gasteiger partial charge is 0.244 e. The molecule has 0 fully saturated rings. The molecule has 3 N–H and O–H groups in total. The van der Waals surface area contributed by atoms with Crippen molar-refractivity contribution in [3.8, 4) is 0 Å². The van der Waals surface area contributed by atoms with Crippen molar-refractivity contribution in [2.45, 2.75) is 13.0 Å². The van der Waals surface area contributed by atoms with E-state index in [1.165, 1.54) is 30.3 Å². The maximum Gasteiger partial charge on any atom is 0.244 e. The fraction of sp³-hybridized carbons (Fsp3) is 0.133. The van der Waals surface area contributed by atoms with Crippen LogP contribution in [0.15, 0.2) is 40.9 Å². The lowest BCUT2D eigenvalue weighted by molar-refractivity contribution is -0.118. The summed E-state index contributed by atoms with van der Waals surface area (Å²) < 4.78 is 27.9. The highest BCUT2D eigenvalue weighted by Crippen LogP contribution is 2.26. The lowest BCUT2D eigenvalue weighted by Crippen LogP contribution is -2.28. The summed E-state index contributed by atoms with van der Waals surface area (Å²) in [6.45, 7) is 1.72. The number of halogens is 3. The van der Waals surface area contributed by atoms with E-state index in [1.54, 1.807) is 13.0 Å². The number of aryl methyl sites for hydroxylation is 1. The average Bonchev–Trinajstić information content (AvgIpc) is 2.37. The van der Waals surface area contributed by atoms with Gasteiger partial charge in [0.25, 0.3) is 0 Å². The fourth-order valence-electron chi connectivity index (χ4n) is 2.02. The first-order valence-electron chi connectivity index (χ1n) is 6.15. The van der Waals surface area contributed by atoms with E-state index in [4.69, 9.17) is 5.73 Å². The van der Waals surface area contributed by atoms with Gasteiger partial charge in [0.05, 0.1) is 0 Å². The van der Waals surface area contributed by atoms with E-state index in [-0.39, 0.29) is 5.56 Å². The molecule has 1 unspecified atom stereocenters. The van der Waals surface area contributed by atoms with E-state index in [2.05, 4.69) is 21.2 Å². The van der Waals surface area contributed by atoms with Gasteiger partial charge in [0, 0.05) is 15.7 Å². The lowest BCUT2D eigenvalue weighted by Gasteiger charge is -2.18. The Hall–Kier alpha value is -1.95. The molecule has 2 aromatic rings. The molecule has 1 atom stereocenters. The molecule has 21 heavy (non-hydrogen) atoms. The molecule has 3 nitrogen and oxygen atoms in total. The second-order valence-electron chi connectivity index (χ2n) is 4.66. The third kappa shape index (κ3) is 3.78. The first kappa shape index (κ1) is 15.4. The summed E-state index contributed by atoms with van der Waals surface area (Å²) in [5.74, 6) is -1.77. The van der Waals surface area contributed by atoms with Crippen LogP contribution in [0.3, 0.4) is 0 Å². The Kier molecular flexibility index (Phi) is 4.57. The summed E-state index contributed by atoms with van der Waals surface area (Å²) in [4.78, 5) is 11.6. The number of primary amides is 1. The Morgan fingerprint density at radius 1 is 1.24 bits per heavy atom. The molecule has 0 spiro atoms. The van der Waals surface area contributed by atoms with Gasteiger partial charge in [-0.1, -0.05) is 15.9 Å². The molecule has 2 rings (SSSR count). The summed E-state index contributed by atoms with van der Waals surface area (Å²) in [6.07, 6.45) is 0. The summed E-state index contributed by atoms with van der Waals surface area (Å²) in [7, 11) is 0. The molecule has 0 saturated heterocycles. The molecule has 6 heteroatoms. The summed E-state index contributed by atoms with van der Waals surface area (Å²) in [5, 5.41) is 2.77. The van der Waals surface area contributed by atoms with Crippen LogP contribution in [-0.4, -0.2) is 5.91 Å². The van der Waals surface area contributed by atoms with Crippen molar-refractivity contribution < 1.29 is 13.6 Å². The molecule has 0 aliphatic heterocycles. The Balaban J connectivity index is 2.40. The molecule has 0 heterocycles. The first-order chi connectivity index (χ1) is 9.86. The number of nitrogens with one attached hydrogen (secondary N) is 1. The maximum absolute atomic E-state index is 13.9. The van der Waals surface area contributed by atoms with Crippen molar-refractivity contribution in [3.63, 3.8) is 0 Å². The monoisotopic (exact) mass is 354 g/mol. The van der Waals surface area contributed by atoms with Crippen molar-refractivity contribution >= 4 is 27.5 Å². The largest absolute Gasteiger partial charge is 0.370 e. The van der Waals surface area contributed by atoms with Crippen LogP contribution in [0.2, 0.25) is 0 Å². The molecule has 0 aromatic heterocycles. The predicted octanol–water partition coefficient (Wildman–Crippen LogP) is 3.67. The third-order valence-electron chi connectivity index (χ3n) is 2.91. The van der Waals surface area contributed by atoms with Gasteiger partial charge in [-0.3, -0.25) is 4.79 Å². The van der Waals surface area contributed by atoms with Crippen molar-refractivity contribution in [1.29, 1.82) is 0 Å². The lowest BCUT2D eigenvalue weighted by atomic mass is 10.0. The van der Waals surface area contributed by atoms with Gasteiger partial charge in [-0.15, -0.1) is 0 Å². The minimum absolute atomic E-state index is 0.0961. The van der Waals surface area contributed by atoms with Crippen LogP contribution < -0.4 is 11.1 Å².